The second-order valence-electron chi connectivity index (χ2n) is 4.20. The van der Waals surface area contributed by atoms with Gasteiger partial charge in [0.25, 0.3) is 0 Å². The van der Waals surface area contributed by atoms with E-state index in [0.29, 0.717) is 0 Å². The highest BCUT2D eigenvalue weighted by molar-refractivity contribution is 7.98. The summed E-state index contributed by atoms with van der Waals surface area (Å²) in [6.45, 7) is 4.20. The lowest BCUT2D eigenvalue weighted by Gasteiger charge is -2.09. The van der Waals surface area contributed by atoms with E-state index in [2.05, 4.69) is 43.3 Å². The van der Waals surface area contributed by atoms with Crippen molar-refractivity contribution in [3.8, 4) is 0 Å². The second-order valence-corrected chi connectivity index (χ2v) is 5.22. The lowest BCUT2D eigenvalue weighted by atomic mass is 10.1. The monoisotopic (exact) mass is 243 g/mol. The van der Waals surface area contributed by atoms with Gasteiger partial charge in [-0.25, -0.2) is 0 Å². The van der Waals surface area contributed by atoms with Gasteiger partial charge in [-0.3, -0.25) is 0 Å². The normalized spacial score (nSPS) is 10.5. The quantitative estimate of drug-likeness (QED) is 0.646. The van der Waals surface area contributed by atoms with Gasteiger partial charge in [0.05, 0.1) is 0 Å². The lowest BCUT2D eigenvalue weighted by Crippen LogP contribution is -1.93. The number of nitrogens with two attached hydrogens (primary N) is 1. The van der Waals surface area contributed by atoms with Crippen LogP contribution < -0.4 is 5.73 Å². The molecular weight excluding hydrogens is 226 g/mol. The molecule has 0 spiro atoms. The third-order valence-electron chi connectivity index (χ3n) is 2.93. The van der Waals surface area contributed by atoms with Crippen molar-refractivity contribution in [2.24, 2.45) is 0 Å². The Morgan fingerprint density at radius 3 is 2.41 bits per heavy atom. The molecule has 2 N–H and O–H groups in total. The summed E-state index contributed by atoms with van der Waals surface area (Å²) < 4.78 is 0. The average molecular weight is 243 g/mol. The first kappa shape index (κ1) is 12.1. The molecule has 0 aromatic heterocycles. The minimum atomic E-state index is 0.908. The highest BCUT2D eigenvalue weighted by Gasteiger charge is 2.03. The smallest absolute Gasteiger partial charge is 0.0482 e. The Bertz CT molecular complexity index is 520. The van der Waals surface area contributed by atoms with Gasteiger partial charge in [-0.15, -0.1) is 11.8 Å². The molecule has 0 aliphatic carbocycles. The molecule has 0 aliphatic heterocycles. The maximum absolute atomic E-state index is 6.06. The van der Waals surface area contributed by atoms with Crippen molar-refractivity contribution < 1.29 is 0 Å². The van der Waals surface area contributed by atoms with Crippen LogP contribution in [0.5, 0.6) is 0 Å². The van der Waals surface area contributed by atoms with Crippen LogP contribution in [0, 0.1) is 13.8 Å². The number of para-hydroxylation sites is 1. The molecule has 0 bridgehead atoms. The van der Waals surface area contributed by atoms with Gasteiger partial charge < -0.3 is 5.73 Å². The topological polar surface area (TPSA) is 26.0 Å². The van der Waals surface area contributed by atoms with Crippen LogP contribution in [0.25, 0.3) is 0 Å². The van der Waals surface area contributed by atoms with Gasteiger partial charge in [0.2, 0.25) is 0 Å². The van der Waals surface area contributed by atoms with E-state index in [1.807, 2.05) is 13.0 Å². The van der Waals surface area contributed by atoms with Crippen LogP contribution in [0.2, 0.25) is 0 Å². The molecule has 0 saturated heterocycles. The predicted octanol–water partition coefficient (Wildman–Crippen LogP) is 4.18. The van der Waals surface area contributed by atoms with Crippen molar-refractivity contribution in [3.63, 3.8) is 0 Å². The fourth-order valence-electron chi connectivity index (χ4n) is 1.71. The van der Waals surface area contributed by atoms with Gasteiger partial charge in [-0.1, -0.05) is 36.4 Å². The van der Waals surface area contributed by atoms with E-state index in [1.165, 1.54) is 16.0 Å². The number of nitrogen functional groups attached to an aromatic ring is 1. The third kappa shape index (κ3) is 2.83. The number of aryl methyl sites for hydroxylation is 2. The number of thioether (sulfide) groups is 1. The summed E-state index contributed by atoms with van der Waals surface area (Å²) in [5.74, 6) is 0.973. The van der Waals surface area contributed by atoms with Gasteiger partial charge in [0.15, 0.2) is 0 Å². The van der Waals surface area contributed by atoms with Crippen molar-refractivity contribution >= 4 is 17.4 Å². The zero-order valence-corrected chi connectivity index (χ0v) is 11.1. The van der Waals surface area contributed by atoms with Crippen molar-refractivity contribution in [3.05, 3.63) is 59.2 Å². The minimum Gasteiger partial charge on any atom is -0.398 e. The third-order valence-corrected chi connectivity index (χ3v) is 4.05. The lowest BCUT2D eigenvalue weighted by molar-refractivity contribution is 1.29. The van der Waals surface area contributed by atoms with E-state index < -0.39 is 0 Å². The summed E-state index contributed by atoms with van der Waals surface area (Å²) >= 11 is 1.80. The average Bonchev–Trinajstić information content (AvgIpc) is 2.33. The molecule has 88 valence electrons. The van der Waals surface area contributed by atoms with Crippen LogP contribution in [0.15, 0.2) is 47.4 Å². The summed E-state index contributed by atoms with van der Waals surface area (Å²) in [7, 11) is 0. The Morgan fingerprint density at radius 1 is 0.941 bits per heavy atom. The van der Waals surface area contributed by atoms with Crippen LogP contribution in [0.4, 0.5) is 5.69 Å². The summed E-state index contributed by atoms with van der Waals surface area (Å²) in [6.07, 6.45) is 0. The summed E-state index contributed by atoms with van der Waals surface area (Å²) in [4.78, 5) is 1.17. The SMILES string of the molecule is Cc1ccccc1CSc1cccc(C)c1N. The molecule has 0 heterocycles. The van der Waals surface area contributed by atoms with E-state index in [0.717, 1.165) is 17.0 Å². The standard InChI is InChI=1S/C15H17NS/c1-11-6-3-4-8-13(11)10-17-14-9-5-7-12(2)15(14)16/h3-9H,10,16H2,1-2H3. The molecule has 2 rings (SSSR count). The molecule has 1 nitrogen and oxygen atoms in total. The van der Waals surface area contributed by atoms with Crippen molar-refractivity contribution in [1.82, 2.24) is 0 Å². The molecular formula is C15H17NS. The number of rotatable bonds is 3. The molecule has 0 fully saturated rings. The zero-order chi connectivity index (χ0) is 12.3. The molecule has 2 aromatic carbocycles. The minimum absolute atomic E-state index is 0.908. The molecule has 2 aromatic rings. The highest BCUT2D eigenvalue weighted by atomic mass is 32.2. The number of hydrogen-bond acceptors (Lipinski definition) is 2. The van der Waals surface area contributed by atoms with Gasteiger partial charge in [-0.05, 0) is 36.6 Å². The van der Waals surface area contributed by atoms with Gasteiger partial charge >= 0.3 is 0 Å². The van der Waals surface area contributed by atoms with E-state index in [9.17, 15) is 0 Å². The van der Waals surface area contributed by atoms with Crippen molar-refractivity contribution in [2.45, 2.75) is 24.5 Å². The zero-order valence-electron chi connectivity index (χ0n) is 10.2. The van der Waals surface area contributed by atoms with Crippen LogP contribution in [-0.2, 0) is 5.75 Å². The molecule has 0 aliphatic rings. The van der Waals surface area contributed by atoms with Gasteiger partial charge in [-0.2, -0.15) is 0 Å². The van der Waals surface area contributed by atoms with Crippen molar-refractivity contribution in [2.75, 3.05) is 5.73 Å². The molecule has 0 unspecified atom stereocenters. The van der Waals surface area contributed by atoms with Crippen LogP contribution in [0.1, 0.15) is 16.7 Å². The van der Waals surface area contributed by atoms with E-state index in [-0.39, 0.29) is 0 Å². The van der Waals surface area contributed by atoms with E-state index >= 15 is 0 Å². The summed E-state index contributed by atoms with van der Waals surface area (Å²) in [5, 5.41) is 0. The van der Waals surface area contributed by atoms with Gasteiger partial charge in [0, 0.05) is 16.3 Å². The Balaban J connectivity index is 2.13. The molecule has 2 heteroatoms. The Hall–Kier alpha value is -1.41. The fraction of sp³-hybridized carbons (Fsp3) is 0.200. The maximum atomic E-state index is 6.06. The largest absolute Gasteiger partial charge is 0.398 e. The van der Waals surface area contributed by atoms with E-state index in [1.54, 1.807) is 11.8 Å². The Morgan fingerprint density at radius 2 is 1.65 bits per heavy atom. The Kier molecular flexibility index (Phi) is 3.75. The molecule has 17 heavy (non-hydrogen) atoms. The number of benzene rings is 2. The Labute approximate surface area is 107 Å². The molecule has 0 saturated carbocycles. The van der Waals surface area contributed by atoms with E-state index in [4.69, 9.17) is 5.73 Å². The van der Waals surface area contributed by atoms with Crippen LogP contribution in [-0.4, -0.2) is 0 Å². The van der Waals surface area contributed by atoms with Gasteiger partial charge in [0.1, 0.15) is 0 Å². The van der Waals surface area contributed by atoms with Crippen LogP contribution in [0.3, 0.4) is 0 Å². The fourth-order valence-corrected chi connectivity index (χ4v) is 2.83. The van der Waals surface area contributed by atoms with Crippen LogP contribution >= 0.6 is 11.8 Å². The second kappa shape index (κ2) is 5.28. The first-order chi connectivity index (χ1) is 8.18. The highest BCUT2D eigenvalue weighted by Crippen LogP contribution is 2.30. The predicted molar refractivity (Wildman–Crippen MR) is 76.3 cm³/mol. The molecule has 0 amide bonds. The first-order valence-corrected chi connectivity index (χ1v) is 6.69. The summed E-state index contributed by atoms with van der Waals surface area (Å²) in [6, 6.07) is 14.7. The first-order valence-electron chi connectivity index (χ1n) is 5.71. The van der Waals surface area contributed by atoms with Crippen molar-refractivity contribution in [1.29, 1.82) is 0 Å². The number of hydrogen-bond donors (Lipinski definition) is 1. The molecule has 0 radical (unpaired) electrons. The number of anilines is 1. The summed E-state index contributed by atoms with van der Waals surface area (Å²) in [5.41, 5.74) is 10.8. The molecule has 0 atom stereocenters. The maximum Gasteiger partial charge on any atom is 0.0482 e.